The average molecular weight is 289 g/mol. The summed E-state index contributed by atoms with van der Waals surface area (Å²) in [4.78, 5) is 0. The van der Waals surface area contributed by atoms with Gasteiger partial charge in [0, 0.05) is 16.7 Å². The van der Waals surface area contributed by atoms with Crippen LogP contribution in [0.25, 0.3) is 10.1 Å². The van der Waals surface area contributed by atoms with E-state index in [-0.39, 0.29) is 12.4 Å². The SMILES string of the molecule is Cc1cc(F)c(Br)c2c(CCO)csc12. The van der Waals surface area contributed by atoms with Gasteiger partial charge in [-0.15, -0.1) is 11.3 Å². The molecule has 0 spiro atoms. The Labute approximate surface area is 99.7 Å². The average Bonchev–Trinajstić information content (AvgIpc) is 2.60. The van der Waals surface area contributed by atoms with Crippen LogP contribution in [0.15, 0.2) is 15.9 Å². The topological polar surface area (TPSA) is 20.2 Å². The van der Waals surface area contributed by atoms with E-state index in [2.05, 4.69) is 15.9 Å². The highest BCUT2D eigenvalue weighted by atomic mass is 79.9. The first-order valence-corrected chi connectivity index (χ1v) is 6.28. The molecule has 0 atom stereocenters. The Kier molecular flexibility index (Phi) is 3.09. The van der Waals surface area contributed by atoms with Crippen molar-refractivity contribution in [1.29, 1.82) is 0 Å². The minimum atomic E-state index is -0.238. The largest absolute Gasteiger partial charge is 0.396 e. The van der Waals surface area contributed by atoms with Crippen molar-refractivity contribution >= 4 is 37.4 Å². The van der Waals surface area contributed by atoms with Gasteiger partial charge >= 0.3 is 0 Å². The number of aliphatic hydroxyl groups is 1. The van der Waals surface area contributed by atoms with Crippen molar-refractivity contribution in [1.82, 2.24) is 0 Å². The summed E-state index contributed by atoms with van der Waals surface area (Å²) in [5, 5.41) is 11.8. The molecular formula is C11H10BrFOS. The highest BCUT2D eigenvalue weighted by molar-refractivity contribution is 9.10. The minimum Gasteiger partial charge on any atom is -0.396 e. The number of rotatable bonds is 2. The number of aliphatic hydroxyl groups excluding tert-OH is 1. The number of benzene rings is 1. The molecule has 0 bridgehead atoms. The molecule has 0 aliphatic rings. The Morgan fingerprint density at radius 1 is 1.53 bits per heavy atom. The van der Waals surface area contributed by atoms with Gasteiger partial charge in [0.2, 0.25) is 0 Å². The van der Waals surface area contributed by atoms with Crippen LogP contribution in [0.3, 0.4) is 0 Å². The fraction of sp³-hybridized carbons (Fsp3) is 0.273. The number of hydrogen-bond donors (Lipinski definition) is 1. The van der Waals surface area contributed by atoms with E-state index in [1.807, 2.05) is 12.3 Å². The van der Waals surface area contributed by atoms with Gasteiger partial charge in [-0.25, -0.2) is 4.39 Å². The van der Waals surface area contributed by atoms with E-state index in [1.165, 1.54) is 6.07 Å². The zero-order valence-corrected chi connectivity index (χ0v) is 10.6. The Bertz CT molecular complexity index is 507. The van der Waals surface area contributed by atoms with Gasteiger partial charge in [-0.2, -0.15) is 0 Å². The van der Waals surface area contributed by atoms with Gasteiger partial charge in [0.15, 0.2) is 0 Å². The highest BCUT2D eigenvalue weighted by Gasteiger charge is 2.13. The maximum atomic E-state index is 13.5. The fourth-order valence-electron chi connectivity index (χ4n) is 1.67. The van der Waals surface area contributed by atoms with E-state index in [0.717, 1.165) is 21.2 Å². The summed E-state index contributed by atoms with van der Waals surface area (Å²) < 4.78 is 15.1. The van der Waals surface area contributed by atoms with Crippen LogP contribution in [-0.2, 0) is 6.42 Å². The Morgan fingerprint density at radius 2 is 2.27 bits per heavy atom. The molecule has 1 N–H and O–H groups in total. The summed E-state index contributed by atoms with van der Waals surface area (Å²) in [5.74, 6) is -0.238. The summed E-state index contributed by atoms with van der Waals surface area (Å²) in [6, 6.07) is 1.53. The van der Waals surface area contributed by atoms with Crippen molar-refractivity contribution in [3.63, 3.8) is 0 Å². The summed E-state index contributed by atoms with van der Waals surface area (Å²) in [6.45, 7) is 1.99. The first-order valence-electron chi connectivity index (χ1n) is 4.60. The maximum Gasteiger partial charge on any atom is 0.138 e. The molecule has 1 nitrogen and oxygen atoms in total. The fourth-order valence-corrected chi connectivity index (χ4v) is 3.46. The van der Waals surface area contributed by atoms with Crippen molar-refractivity contribution in [3.8, 4) is 0 Å². The maximum absolute atomic E-state index is 13.5. The van der Waals surface area contributed by atoms with E-state index in [4.69, 9.17) is 5.11 Å². The first-order chi connectivity index (χ1) is 7.15. The van der Waals surface area contributed by atoms with Crippen LogP contribution in [0.1, 0.15) is 11.1 Å². The highest BCUT2D eigenvalue weighted by Crippen LogP contribution is 2.36. The lowest BCUT2D eigenvalue weighted by atomic mass is 10.1. The zero-order chi connectivity index (χ0) is 11.0. The molecule has 0 saturated heterocycles. The second-order valence-corrected chi connectivity index (χ2v) is 5.10. The van der Waals surface area contributed by atoms with E-state index in [9.17, 15) is 4.39 Å². The number of thiophene rings is 1. The van der Waals surface area contributed by atoms with E-state index >= 15 is 0 Å². The second-order valence-electron chi connectivity index (χ2n) is 3.43. The first kappa shape index (κ1) is 11.0. The monoisotopic (exact) mass is 288 g/mol. The summed E-state index contributed by atoms with van der Waals surface area (Å²) in [6.07, 6.45) is 0.571. The van der Waals surface area contributed by atoms with Crippen LogP contribution < -0.4 is 0 Å². The predicted molar refractivity (Wildman–Crippen MR) is 65.0 cm³/mol. The molecule has 0 radical (unpaired) electrons. The lowest BCUT2D eigenvalue weighted by Crippen LogP contribution is -1.90. The Morgan fingerprint density at radius 3 is 2.93 bits per heavy atom. The third kappa shape index (κ3) is 1.82. The summed E-state index contributed by atoms with van der Waals surface area (Å²) >= 11 is 4.86. The van der Waals surface area contributed by atoms with Gasteiger partial charge < -0.3 is 5.11 Å². The van der Waals surface area contributed by atoms with Gasteiger partial charge in [-0.05, 0) is 51.8 Å². The van der Waals surface area contributed by atoms with Crippen LogP contribution in [-0.4, -0.2) is 11.7 Å². The van der Waals surface area contributed by atoms with Crippen molar-refractivity contribution in [2.45, 2.75) is 13.3 Å². The molecule has 1 heterocycles. The van der Waals surface area contributed by atoms with E-state index in [1.54, 1.807) is 11.3 Å². The van der Waals surface area contributed by atoms with Gasteiger partial charge in [-0.3, -0.25) is 0 Å². The van der Waals surface area contributed by atoms with Crippen molar-refractivity contribution in [3.05, 3.63) is 32.9 Å². The summed E-state index contributed by atoms with van der Waals surface area (Å²) in [7, 11) is 0. The standard InChI is InChI=1S/C11H10BrFOS/c1-6-4-8(13)10(12)9-7(2-3-14)5-15-11(6)9/h4-5,14H,2-3H2,1H3. The van der Waals surface area contributed by atoms with Crippen molar-refractivity contribution in [2.24, 2.45) is 0 Å². The van der Waals surface area contributed by atoms with E-state index in [0.29, 0.717) is 10.9 Å². The molecule has 4 heteroatoms. The van der Waals surface area contributed by atoms with Crippen LogP contribution in [0, 0.1) is 12.7 Å². The molecule has 1 aromatic carbocycles. The molecule has 0 aliphatic carbocycles. The Hall–Kier alpha value is -0.450. The lowest BCUT2D eigenvalue weighted by molar-refractivity contribution is 0.300. The molecule has 1 aromatic heterocycles. The molecule has 0 aliphatic heterocycles. The number of hydrogen-bond acceptors (Lipinski definition) is 2. The quantitative estimate of drug-likeness (QED) is 0.894. The van der Waals surface area contributed by atoms with Gasteiger partial charge in [0.1, 0.15) is 5.82 Å². The molecule has 80 valence electrons. The van der Waals surface area contributed by atoms with Crippen molar-refractivity contribution in [2.75, 3.05) is 6.61 Å². The zero-order valence-electron chi connectivity index (χ0n) is 8.18. The smallest absolute Gasteiger partial charge is 0.138 e. The van der Waals surface area contributed by atoms with Crippen LogP contribution in [0.5, 0.6) is 0 Å². The number of fused-ring (bicyclic) bond motifs is 1. The van der Waals surface area contributed by atoms with Crippen molar-refractivity contribution < 1.29 is 9.50 Å². The van der Waals surface area contributed by atoms with Crippen LogP contribution in [0.2, 0.25) is 0 Å². The van der Waals surface area contributed by atoms with Gasteiger partial charge in [0.05, 0.1) is 4.47 Å². The van der Waals surface area contributed by atoms with Gasteiger partial charge in [-0.1, -0.05) is 0 Å². The number of halogens is 2. The Balaban J connectivity index is 2.77. The molecule has 0 fully saturated rings. The van der Waals surface area contributed by atoms with Crippen LogP contribution >= 0.6 is 27.3 Å². The van der Waals surface area contributed by atoms with Gasteiger partial charge in [0.25, 0.3) is 0 Å². The summed E-state index contributed by atoms with van der Waals surface area (Å²) in [5.41, 5.74) is 1.95. The number of aryl methyl sites for hydroxylation is 1. The minimum absolute atomic E-state index is 0.0911. The second kappa shape index (κ2) is 4.20. The molecule has 0 amide bonds. The molecule has 0 unspecified atom stereocenters. The van der Waals surface area contributed by atoms with E-state index < -0.39 is 0 Å². The lowest BCUT2D eigenvalue weighted by Gasteiger charge is -2.03. The third-order valence-electron chi connectivity index (χ3n) is 2.38. The van der Waals surface area contributed by atoms with Crippen LogP contribution in [0.4, 0.5) is 4.39 Å². The molecule has 0 saturated carbocycles. The predicted octanol–water partition coefficient (Wildman–Crippen LogP) is 3.65. The normalized spacial score (nSPS) is 11.2. The molecular weight excluding hydrogens is 279 g/mol. The molecule has 2 rings (SSSR count). The molecule has 2 aromatic rings. The molecule has 15 heavy (non-hydrogen) atoms. The third-order valence-corrected chi connectivity index (χ3v) is 4.32.